The molecule has 1 fully saturated rings. The molecule has 0 amide bonds. The molecular formula is C24H44N4. The summed E-state index contributed by atoms with van der Waals surface area (Å²) in [7, 11) is 0. The molecule has 4 heteroatoms. The first kappa shape index (κ1) is 26.2. The highest BCUT2D eigenvalue weighted by molar-refractivity contribution is 5.94. The van der Waals surface area contributed by atoms with Gasteiger partial charge in [-0.1, -0.05) is 79.7 Å². The van der Waals surface area contributed by atoms with Gasteiger partial charge in [0.2, 0.25) is 0 Å². The molecule has 1 aliphatic rings. The Kier molecular flexibility index (Phi) is 10.5. The standard InChI is InChI=1S/C11H22N2.C11H16N2.C2H6/c2*1-11(2,3)9-6-4-8(5-7-9)10(12)13;1-2/h8-9H,4-7H2,1-3H3,(H3,12,13);4-7H,1-3H3,(H3,12,13);1-2H3. The van der Waals surface area contributed by atoms with Crippen LogP contribution in [-0.4, -0.2) is 11.7 Å². The largest absolute Gasteiger partial charge is 0.387 e. The molecule has 0 unspecified atom stereocenters. The molecule has 0 aliphatic heterocycles. The second kappa shape index (κ2) is 11.2. The van der Waals surface area contributed by atoms with Gasteiger partial charge in [0, 0.05) is 11.5 Å². The highest BCUT2D eigenvalue weighted by atomic mass is 14.7. The minimum Gasteiger partial charge on any atom is -0.387 e. The van der Waals surface area contributed by atoms with Gasteiger partial charge in [-0.25, -0.2) is 0 Å². The van der Waals surface area contributed by atoms with Gasteiger partial charge in [0.15, 0.2) is 0 Å². The van der Waals surface area contributed by atoms with Crippen molar-refractivity contribution in [2.75, 3.05) is 0 Å². The van der Waals surface area contributed by atoms with Gasteiger partial charge in [-0.2, -0.15) is 0 Å². The van der Waals surface area contributed by atoms with E-state index in [1.807, 2.05) is 38.1 Å². The molecule has 1 saturated carbocycles. The summed E-state index contributed by atoms with van der Waals surface area (Å²) >= 11 is 0. The maximum Gasteiger partial charge on any atom is 0.122 e. The number of rotatable bonds is 2. The van der Waals surface area contributed by atoms with Gasteiger partial charge >= 0.3 is 0 Å². The highest BCUT2D eigenvalue weighted by Gasteiger charge is 2.30. The molecule has 0 radical (unpaired) electrons. The minimum atomic E-state index is 0.125. The Balaban J connectivity index is 0.000000478. The van der Waals surface area contributed by atoms with Crippen LogP contribution in [-0.2, 0) is 5.41 Å². The molecule has 28 heavy (non-hydrogen) atoms. The topological polar surface area (TPSA) is 99.7 Å². The Labute approximate surface area is 173 Å². The summed E-state index contributed by atoms with van der Waals surface area (Å²) in [5.74, 6) is 1.72. The number of nitrogen functional groups attached to an aromatic ring is 1. The summed E-state index contributed by atoms with van der Waals surface area (Å²) in [6.07, 6.45) is 4.73. The van der Waals surface area contributed by atoms with Crippen molar-refractivity contribution in [2.45, 2.75) is 86.5 Å². The smallest absolute Gasteiger partial charge is 0.122 e. The van der Waals surface area contributed by atoms with Crippen molar-refractivity contribution < 1.29 is 0 Å². The lowest BCUT2D eigenvalue weighted by Crippen LogP contribution is -2.31. The van der Waals surface area contributed by atoms with E-state index >= 15 is 0 Å². The number of benzene rings is 1. The molecule has 1 aliphatic carbocycles. The van der Waals surface area contributed by atoms with Crippen molar-refractivity contribution in [3.63, 3.8) is 0 Å². The fourth-order valence-corrected chi connectivity index (χ4v) is 3.42. The molecule has 160 valence electrons. The van der Waals surface area contributed by atoms with Crippen LogP contribution in [0.3, 0.4) is 0 Å². The van der Waals surface area contributed by atoms with Gasteiger partial charge in [0.1, 0.15) is 5.84 Å². The summed E-state index contributed by atoms with van der Waals surface area (Å²) in [5.41, 5.74) is 13.5. The van der Waals surface area contributed by atoms with E-state index in [2.05, 4.69) is 41.5 Å². The molecule has 4 nitrogen and oxygen atoms in total. The first-order valence-corrected chi connectivity index (χ1v) is 10.6. The van der Waals surface area contributed by atoms with Crippen LogP contribution in [0, 0.1) is 28.1 Å². The first-order chi connectivity index (χ1) is 12.8. The third-order valence-electron chi connectivity index (χ3n) is 5.45. The fourth-order valence-electron chi connectivity index (χ4n) is 3.42. The minimum absolute atomic E-state index is 0.125. The van der Waals surface area contributed by atoms with E-state index in [1.165, 1.54) is 18.4 Å². The number of nitrogens with two attached hydrogens (primary N) is 2. The van der Waals surface area contributed by atoms with E-state index in [9.17, 15) is 0 Å². The molecule has 0 saturated heterocycles. The van der Waals surface area contributed by atoms with Gasteiger partial charge in [-0.3, -0.25) is 10.8 Å². The summed E-state index contributed by atoms with van der Waals surface area (Å²) in [4.78, 5) is 0. The third-order valence-corrected chi connectivity index (χ3v) is 5.45. The van der Waals surface area contributed by atoms with Crippen LogP contribution in [0.4, 0.5) is 0 Å². The summed E-state index contributed by atoms with van der Waals surface area (Å²) in [6.45, 7) is 17.4. The van der Waals surface area contributed by atoms with Gasteiger partial charge in [-0.15, -0.1) is 0 Å². The SMILES string of the molecule is CC.CC(C)(C)C1CCC(C(=N)N)CC1.CC(C)(C)c1ccc(C(=N)N)cc1. The zero-order valence-electron chi connectivity index (χ0n) is 19.4. The van der Waals surface area contributed by atoms with Gasteiger partial charge in [0.25, 0.3) is 0 Å². The van der Waals surface area contributed by atoms with Crippen molar-refractivity contribution in [3.8, 4) is 0 Å². The van der Waals surface area contributed by atoms with Gasteiger partial charge < -0.3 is 11.5 Å². The lowest BCUT2D eigenvalue weighted by Gasteiger charge is -2.36. The maximum atomic E-state index is 7.39. The van der Waals surface area contributed by atoms with Crippen LogP contribution in [0.5, 0.6) is 0 Å². The second-order valence-corrected chi connectivity index (χ2v) is 9.61. The van der Waals surface area contributed by atoms with E-state index in [-0.39, 0.29) is 11.3 Å². The molecule has 1 aromatic rings. The molecule has 0 atom stereocenters. The summed E-state index contributed by atoms with van der Waals surface area (Å²) in [6, 6.07) is 7.83. The lowest BCUT2D eigenvalue weighted by atomic mass is 9.69. The predicted molar refractivity (Wildman–Crippen MR) is 124 cm³/mol. The van der Waals surface area contributed by atoms with Crippen molar-refractivity contribution in [2.24, 2.45) is 28.7 Å². The maximum absolute atomic E-state index is 7.39. The lowest BCUT2D eigenvalue weighted by molar-refractivity contribution is 0.166. The van der Waals surface area contributed by atoms with Gasteiger partial charge in [-0.05, 0) is 48.0 Å². The Morgan fingerprint density at radius 1 is 0.821 bits per heavy atom. The molecule has 6 N–H and O–H groups in total. The van der Waals surface area contributed by atoms with Crippen molar-refractivity contribution in [3.05, 3.63) is 35.4 Å². The third kappa shape index (κ3) is 8.90. The first-order valence-electron chi connectivity index (χ1n) is 10.6. The van der Waals surface area contributed by atoms with Crippen LogP contribution in [0.1, 0.15) is 92.2 Å². The van der Waals surface area contributed by atoms with Crippen LogP contribution in [0.2, 0.25) is 0 Å². The quantitative estimate of drug-likeness (QED) is 0.365. The summed E-state index contributed by atoms with van der Waals surface area (Å²) < 4.78 is 0. The Hall–Kier alpha value is -1.84. The number of nitrogens with one attached hydrogen (secondary N) is 2. The van der Waals surface area contributed by atoms with Crippen LogP contribution >= 0.6 is 0 Å². The van der Waals surface area contributed by atoms with Crippen molar-refractivity contribution >= 4 is 11.7 Å². The number of hydrogen-bond donors (Lipinski definition) is 4. The van der Waals surface area contributed by atoms with Crippen LogP contribution in [0.25, 0.3) is 0 Å². The van der Waals surface area contributed by atoms with Gasteiger partial charge in [0.05, 0.1) is 5.84 Å². The second-order valence-electron chi connectivity index (χ2n) is 9.61. The average Bonchev–Trinajstić information content (AvgIpc) is 2.62. The molecule has 2 rings (SSSR count). The highest BCUT2D eigenvalue weighted by Crippen LogP contribution is 2.39. The van der Waals surface area contributed by atoms with E-state index in [0.29, 0.717) is 17.2 Å². The molecule has 0 bridgehead atoms. The van der Waals surface area contributed by atoms with Crippen LogP contribution < -0.4 is 11.5 Å². The molecular weight excluding hydrogens is 344 g/mol. The van der Waals surface area contributed by atoms with E-state index in [0.717, 1.165) is 24.3 Å². The van der Waals surface area contributed by atoms with Crippen molar-refractivity contribution in [1.29, 1.82) is 10.8 Å². The van der Waals surface area contributed by atoms with E-state index in [4.69, 9.17) is 22.3 Å². The normalized spacial score (nSPS) is 19.4. The Bertz CT molecular complexity index is 595. The van der Waals surface area contributed by atoms with E-state index in [1.54, 1.807) is 0 Å². The molecule has 0 spiro atoms. The van der Waals surface area contributed by atoms with Crippen molar-refractivity contribution in [1.82, 2.24) is 0 Å². The van der Waals surface area contributed by atoms with E-state index < -0.39 is 0 Å². The Morgan fingerprint density at radius 3 is 1.54 bits per heavy atom. The van der Waals surface area contributed by atoms with Crippen LogP contribution in [0.15, 0.2) is 24.3 Å². The predicted octanol–water partition coefficient (Wildman–Crippen LogP) is 6.07. The summed E-state index contributed by atoms with van der Waals surface area (Å²) in [5, 5.41) is 14.6. The average molecular weight is 389 g/mol. The zero-order chi connectivity index (χ0) is 22.1. The fraction of sp³-hybridized carbons (Fsp3) is 0.667. The zero-order valence-corrected chi connectivity index (χ0v) is 19.4. The number of hydrogen-bond acceptors (Lipinski definition) is 2. The Morgan fingerprint density at radius 2 is 1.25 bits per heavy atom. The number of amidine groups is 2. The monoisotopic (exact) mass is 388 g/mol. The molecule has 0 aromatic heterocycles. The molecule has 1 aromatic carbocycles. The molecule has 0 heterocycles.